The molecule has 0 aliphatic rings. The van der Waals surface area contributed by atoms with E-state index in [-0.39, 0.29) is 225 Å². The predicted octanol–water partition coefficient (Wildman–Crippen LogP) is -0.00750. The number of rotatable bonds is 0. The quantitative estimate of drug-likeness (QED) is 0.302. The van der Waals surface area contributed by atoms with Gasteiger partial charge in [-0.15, -0.1) is 0 Å². The maximum absolute atomic E-state index is 0. The van der Waals surface area contributed by atoms with Gasteiger partial charge in [0.05, 0.1) is 0 Å². The SMILES string of the molecule is [Ce].[Ce].[Ce].[Ce].[Ru].[Ru].[Ru]. The van der Waals surface area contributed by atoms with Crippen molar-refractivity contribution in [3.8, 4) is 0 Å². The standard InChI is InChI=1S/4Ce.3Ru. The summed E-state index contributed by atoms with van der Waals surface area (Å²) in [6.45, 7) is 0. The van der Waals surface area contributed by atoms with Crippen LogP contribution in [0.5, 0.6) is 0 Å². The van der Waals surface area contributed by atoms with E-state index in [2.05, 4.69) is 0 Å². The summed E-state index contributed by atoms with van der Waals surface area (Å²) in [5.41, 5.74) is 0. The van der Waals surface area contributed by atoms with E-state index in [4.69, 9.17) is 0 Å². The van der Waals surface area contributed by atoms with Crippen molar-refractivity contribution in [2.75, 3.05) is 0 Å². The van der Waals surface area contributed by atoms with E-state index in [1.807, 2.05) is 0 Å². The maximum Gasteiger partial charge on any atom is 0 e. The molecular weight excluding hydrogens is 864 g/mol. The van der Waals surface area contributed by atoms with Gasteiger partial charge in [0.1, 0.15) is 0 Å². The zero-order valence-corrected chi connectivity index (χ0v) is 20.8. The van der Waals surface area contributed by atoms with Gasteiger partial charge in [-0.3, -0.25) is 0 Å². The predicted molar refractivity (Wildman–Crippen MR) is 0 cm³/mol. The molecule has 7 heteroatoms. The fraction of sp³-hybridized carbons (Fsp3) is 0. The molecule has 40 valence electrons. The van der Waals surface area contributed by atoms with E-state index in [1.54, 1.807) is 0 Å². The van der Waals surface area contributed by atoms with Gasteiger partial charge in [-0.2, -0.15) is 0 Å². The van der Waals surface area contributed by atoms with Crippen molar-refractivity contribution in [2.45, 2.75) is 0 Å². The molecule has 0 aromatic carbocycles. The molecule has 0 aromatic rings. The molecule has 0 saturated carbocycles. The molecule has 0 aliphatic heterocycles. The topological polar surface area (TPSA) is 0 Å². The zero-order valence-electron chi connectivity index (χ0n) is 3.06. The molecular formula is Ce4Ru3. The summed E-state index contributed by atoms with van der Waals surface area (Å²) in [5, 5.41) is 0. The Kier molecular flexibility index (Phi) is 254. The van der Waals surface area contributed by atoms with Gasteiger partial charge in [-0.25, -0.2) is 0 Å². The Hall–Kier alpha value is 7.38. The van der Waals surface area contributed by atoms with Crippen LogP contribution in [-0.2, 0) is 58.4 Å². The second-order valence-corrected chi connectivity index (χ2v) is 0. The Bertz CT molecular complexity index is 6.90. The molecule has 0 nitrogen and oxygen atoms in total. The van der Waals surface area contributed by atoms with Crippen molar-refractivity contribution >= 4 is 0 Å². The summed E-state index contributed by atoms with van der Waals surface area (Å²) in [6, 6.07) is 0. The largest absolute Gasteiger partial charge is 0 e. The van der Waals surface area contributed by atoms with Crippen LogP contribution >= 0.6 is 0 Å². The van der Waals surface area contributed by atoms with Crippen molar-refractivity contribution < 1.29 is 225 Å². The van der Waals surface area contributed by atoms with Gasteiger partial charge in [-0.05, 0) is 0 Å². The second-order valence-electron chi connectivity index (χ2n) is 0. The minimum Gasteiger partial charge on any atom is 0 e. The van der Waals surface area contributed by atoms with Crippen molar-refractivity contribution in [1.29, 1.82) is 0 Å². The Labute approximate surface area is 218 Å². The van der Waals surface area contributed by atoms with Crippen LogP contribution in [0.4, 0.5) is 0 Å². The van der Waals surface area contributed by atoms with Gasteiger partial charge in [0.2, 0.25) is 0 Å². The van der Waals surface area contributed by atoms with Crippen LogP contribution < -0.4 is 0 Å². The van der Waals surface area contributed by atoms with Gasteiger partial charge < -0.3 is 0 Å². The molecule has 0 rings (SSSR count). The summed E-state index contributed by atoms with van der Waals surface area (Å²) in [6.07, 6.45) is 0. The molecule has 7 heavy (non-hydrogen) atoms. The molecule has 0 N–H and O–H groups in total. The maximum atomic E-state index is 0. The van der Waals surface area contributed by atoms with Gasteiger partial charge in [0, 0.05) is 225 Å². The third kappa shape index (κ3) is 31.8. The van der Waals surface area contributed by atoms with E-state index >= 15 is 0 Å². The Morgan fingerprint density at radius 1 is 0.286 bits per heavy atom. The third-order valence-electron chi connectivity index (χ3n) is 0. The minimum atomic E-state index is 0. The van der Waals surface area contributed by atoms with E-state index in [9.17, 15) is 0 Å². The first kappa shape index (κ1) is 47.3. The summed E-state index contributed by atoms with van der Waals surface area (Å²) in [5.74, 6) is 0. The van der Waals surface area contributed by atoms with Gasteiger partial charge in [-0.1, -0.05) is 0 Å². The number of hydrogen-bond acceptors (Lipinski definition) is 0. The van der Waals surface area contributed by atoms with E-state index in [1.165, 1.54) is 0 Å². The first-order valence-electron chi connectivity index (χ1n) is 0. The molecule has 0 heterocycles. The molecule has 0 fully saturated rings. The fourth-order valence-corrected chi connectivity index (χ4v) is 0. The average molecular weight is 864 g/mol. The summed E-state index contributed by atoms with van der Waals surface area (Å²) in [7, 11) is 0. The molecule has 0 amide bonds. The van der Waals surface area contributed by atoms with Crippen LogP contribution in [0.3, 0.4) is 0 Å². The van der Waals surface area contributed by atoms with E-state index in [0.29, 0.717) is 0 Å². The van der Waals surface area contributed by atoms with Crippen LogP contribution in [0.2, 0.25) is 0 Å². The van der Waals surface area contributed by atoms with Gasteiger partial charge >= 0.3 is 0 Å². The molecule has 0 aliphatic carbocycles. The number of hydrogen-bond donors (Lipinski definition) is 0. The normalized spacial score (nSPS) is 0. The van der Waals surface area contributed by atoms with Crippen molar-refractivity contribution in [1.82, 2.24) is 0 Å². The molecule has 0 radical (unpaired) electrons. The van der Waals surface area contributed by atoms with E-state index < -0.39 is 0 Å². The monoisotopic (exact) mass is 865 g/mol. The van der Waals surface area contributed by atoms with Crippen molar-refractivity contribution in [2.24, 2.45) is 0 Å². The molecule has 0 spiro atoms. The van der Waals surface area contributed by atoms with Crippen LogP contribution in [0.25, 0.3) is 0 Å². The zero-order chi connectivity index (χ0) is 0. The third-order valence-corrected chi connectivity index (χ3v) is 0. The Morgan fingerprint density at radius 2 is 0.286 bits per heavy atom. The van der Waals surface area contributed by atoms with Crippen LogP contribution in [0, 0.1) is 167 Å². The van der Waals surface area contributed by atoms with Gasteiger partial charge in [0.25, 0.3) is 0 Å². The Morgan fingerprint density at radius 3 is 0.286 bits per heavy atom. The van der Waals surface area contributed by atoms with Crippen molar-refractivity contribution in [3.05, 3.63) is 0 Å². The second kappa shape index (κ2) is 37.7. The first-order chi connectivity index (χ1) is 0. The Balaban J connectivity index is 0. The van der Waals surface area contributed by atoms with Crippen molar-refractivity contribution in [3.63, 3.8) is 0 Å². The molecule has 0 bridgehead atoms. The van der Waals surface area contributed by atoms with Gasteiger partial charge in [0.15, 0.2) is 0 Å². The summed E-state index contributed by atoms with van der Waals surface area (Å²) < 4.78 is 0. The summed E-state index contributed by atoms with van der Waals surface area (Å²) >= 11 is 0. The summed E-state index contributed by atoms with van der Waals surface area (Å²) in [4.78, 5) is 0. The molecule has 0 unspecified atom stereocenters. The van der Waals surface area contributed by atoms with Crippen LogP contribution in [0.1, 0.15) is 0 Å². The minimum absolute atomic E-state index is 0. The van der Waals surface area contributed by atoms with Crippen LogP contribution in [-0.4, -0.2) is 0 Å². The fourth-order valence-electron chi connectivity index (χ4n) is 0. The smallest absolute Gasteiger partial charge is 0 e. The first-order valence-corrected chi connectivity index (χ1v) is 0. The molecule has 0 aromatic heterocycles. The van der Waals surface area contributed by atoms with Crippen LogP contribution in [0.15, 0.2) is 0 Å². The average Bonchev–Trinajstić information content (AvgIpc) is 0. The van der Waals surface area contributed by atoms with E-state index in [0.717, 1.165) is 0 Å². The molecule has 0 saturated heterocycles. The molecule has 0 atom stereocenters.